The van der Waals surface area contributed by atoms with Crippen molar-refractivity contribution >= 4 is 5.91 Å². The monoisotopic (exact) mass is 253 g/mol. The van der Waals surface area contributed by atoms with Crippen molar-refractivity contribution in [2.75, 3.05) is 13.2 Å². The number of carbonyl (C=O) groups is 1. The van der Waals surface area contributed by atoms with E-state index in [0.29, 0.717) is 12.1 Å². The Balaban J connectivity index is 2.32. The summed E-state index contributed by atoms with van der Waals surface area (Å²) in [5.41, 5.74) is 1.52. The van der Waals surface area contributed by atoms with Crippen LogP contribution in [0.5, 0.6) is 0 Å². The molecule has 1 aromatic rings. The Bertz CT molecular complexity index is 374. The first-order chi connectivity index (χ1) is 8.69. The van der Waals surface area contributed by atoms with Crippen LogP contribution < -0.4 is 5.32 Å². The number of aliphatic hydroxyl groups is 1. The van der Waals surface area contributed by atoms with Crippen LogP contribution in [0.4, 0.5) is 0 Å². The molecule has 0 atom stereocenters. The largest absolute Gasteiger partial charge is 0.396 e. The molecule has 0 unspecified atom stereocenters. The molecule has 5 nitrogen and oxygen atoms in total. The molecule has 0 aliphatic rings. The predicted octanol–water partition coefficient (Wildman–Crippen LogP) is 1.26. The van der Waals surface area contributed by atoms with Crippen molar-refractivity contribution in [1.82, 2.24) is 15.1 Å². The van der Waals surface area contributed by atoms with E-state index in [1.165, 1.54) is 0 Å². The maximum Gasteiger partial charge on any atom is 0.254 e. The fourth-order valence-electron chi connectivity index (χ4n) is 1.87. The molecule has 1 rings (SSSR count). The zero-order valence-electron chi connectivity index (χ0n) is 11.3. The maximum atomic E-state index is 11.9. The molecule has 1 aromatic heterocycles. The number of nitrogens with one attached hydrogen (secondary N) is 1. The first-order valence-corrected chi connectivity index (χ1v) is 6.60. The van der Waals surface area contributed by atoms with E-state index in [-0.39, 0.29) is 12.5 Å². The summed E-state index contributed by atoms with van der Waals surface area (Å²) in [4.78, 5) is 11.9. The van der Waals surface area contributed by atoms with Crippen LogP contribution in [-0.2, 0) is 13.5 Å². The summed E-state index contributed by atoms with van der Waals surface area (Å²) in [6.45, 7) is 2.93. The summed E-state index contributed by atoms with van der Waals surface area (Å²) in [6.07, 6.45) is 6.37. The highest BCUT2D eigenvalue weighted by Gasteiger charge is 2.13. The number of aromatic nitrogens is 2. The molecule has 0 saturated heterocycles. The third-order valence-electron chi connectivity index (χ3n) is 2.86. The average molecular weight is 253 g/mol. The quantitative estimate of drug-likeness (QED) is 0.685. The standard InChI is InChI=1S/C13H23N3O2/c1-3-12-11(10-16(2)15-12)13(18)14-8-6-4-5-7-9-17/h10,17H,3-9H2,1-2H3,(H,14,18). The van der Waals surface area contributed by atoms with Crippen molar-refractivity contribution in [1.29, 1.82) is 0 Å². The summed E-state index contributed by atoms with van der Waals surface area (Å²) >= 11 is 0. The zero-order chi connectivity index (χ0) is 13.4. The van der Waals surface area contributed by atoms with Crippen molar-refractivity contribution in [3.05, 3.63) is 17.5 Å². The Hall–Kier alpha value is -1.36. The number of aliphatic hydroxyl groups excluding tert-OH is 1. The van der Waals surface area contributed by atoms with Gasteiger partial charge in [-0.1, -0.05) is 19.8 Å². The third kappa shape index (κ3) is 4.49. The van der Waals surface area contributed by atoms with Crippen LogP contribution in [0.15, 0.2) is 6.20 Å². The molecule has 1 amide bonds. The second-order valence-corrected chi connectivity index (χ2v) is 4.41. The highest BCUT2D eigenvalue weighted by atomic mass is 16.2. The van der Waals surface area contributed by atoms with E-state index < -0.39 is 0 Å². The minimum Gasteiger partial charge on any atom is -0.396 e. The van der Waals surface area contributed by atoms with E-state index >= 15 is 0 Å². The van der Waals surface area contributed by atoms with Crippen molar-refractivity contribution in [2.24, 2.45) is 7.05 Å². The van der Waals surface area contributed by atoms with Crippen LogP contribution >= 0.6 is 0 Å². The summed E-state index contributed by atoms with van der Waals surface area (Å²) < 4.78 is 1.68. The molecule has 18 heavy (non-hydrogen) atoms. The molecule has 0 fully saturated rings. The lowest BCUT2D eigenvalue weighted by Crippen LogP contribution is -2.25. The van der Waals surface area contributed by atoms with Gasteiger partial charge in [-0.25, -0.2) is 0 Å². The Morgan fingerprint density at radius 2 is 2.11 bits per heavy atom. The van der Waals surface area contributed by atoms with Crippen LogP contribution in [0.25, 0.3) is 0 Å². The normalized spacial score (nSPS) is 10.6. The van der Waals surface area contributed by atoms with Gasteiger partial charge in [-0.05, 0) is 19.3 Å². The van der Waals surface area contributed by atoms with Gasteiger partial charge in [-0.3, -0.25) is 9.48 Å². The van der Waals surface area contributed by atoms with Gasteiger partial charge in [0.05, 0.1) is 11.3 Å². The summed E-state index contributed by atoms with van der Waals surface area (Å²) in [7, 11) is 1.82. The van der Waals surface area contributed by atoms with Gasteiger partial charge in [0.2, 0.25) is 0 Å². The van der Waals surface area contributed by atoms with Gasteiger partial charge in [-0.2, -0.15) is 5.10 Å². The summed E-state index contributed by atoms with van der Waals surface area (Å²) in [6, 6.07) is 0. The third-order valence-corrected chi connectivity index (χ3v) is 2.86. The highest BCUT2D eigenvalue weighted by Crippen LogP contribution is 2.07. The van der Waals surface area contributed by atoms with Gasteiger partial charge in [0.1, 0.15) is 0 Å². The molecule has 0 aromatic carbocycles. The molecular formula is C13H23N3O2. The number of rotatable bonds is 8. The van der Waals surface area contributed by atoms with Crippen LogP contribution in [0, 0.1) is 0 Å². The first-order valence-electron chi connectivity index (χ1n) is 6.60. The van der Waals surface area contributed by atoms with Gasteiger partial charge >= 0.3 is 0 Å². The van der Waals surface area contributed by atoms with Gasteiger partial charge in [0, 0.05) is 26.4 Å². The number of carbonyl (C=O) groups excluding carboxylic acids is 1. The lowest BCUT2D eigenvalue weighted by molar-refractivity contribution is 0.0952. The van der Waals surface area contributed by atoms with E-state index in [1.54, 1.807) is 10.9 Å². The smallest absolute Gasteiger partial charge is 0.254 e. The van der Waals surface area contributed by atoms with Gasteiger partial charge in [0.15, 0.2) is 0 Å². The van der Waals surface area contributed by atoms with Crippen molar-refractivity contribution < 1.29 is 9.90 Å². The fourth-order valence-corrected chi connectivity index (χ4v) is 1.87. The highest BCUT2D eigenvalue weighted by molar-refractivity contribution is 5.95. The fraction of sp³-hybridized carbons (Fsp3) is 0.692. The second kappa shape index (κ2) is 7.87. The summed E-state index contributed by atoms with van der Waals surface area (Å²) in [5, 5.41) is 15.8. The Morgan fingerprint density at radius 1 is 1.39 bits per heavy atom. The molecule has 102 valence electrons. The first kappa shape index (κ1) is 14.7. The van der Waals surface area contributed by atoms with E-state index in [2.05, 4.69) is 10.4 Å². The van der Waals surface area contributed by atoms with Gasteiger partial charge < -0.3 is 10.4 Å². The van der Waals surface area contributed by atoms with Crippen LogP contribution in [-0.4, -0.2) is 33.9 Å². The number of unbranched alkanes of at least 4 members (excludes halogenated alkanes) is 3. The Labute approximate surface area is 108 Å². The second-order valence-electron chi connectivity index (χ2n) is 4.41. The Kier molecular flexibility index (Phi) is 6.43. The average Bonchev–Trinajstić information content (AvgIpc) is 2.74. The number of nitrogens with zero attached hydrogens (tertiary/aromatic N) is 2. The van der Waals surface area contributed by atoms with E-state index in [4.69, 9.17) is 5.11 Å². The number of amides is 1. The zero-order valence-corrected chi connectivity index (χ0v) is 11.3. The molecular weight excluding hydrogens is 230 g/mol. The molecule has 0 spiro atoms. The van der Waals surface area contributed by atoms with Crippen LogP contribution in [0.2, 0.25) is 0 Å². The molecule has 1 heterocycles. The molecule has 0 aliphatic heterocycles. The number of aryl methyl sites for hydroxylation is 2. The minimum atomic E-state index is -0.0397. The minimum absolute atomic E-state index is 0.0397. The van der Waals surface area contributed by atoms with Gasteiger partial charge in [-0.15, -0.1) is 0 Å². The van der Waals surface area contributed by atoms with E-state index in [9.17, 15) is 4.79 Å². The van der Waals surface area contributed by atoms with E-state index in [1.807, 2.05) is 14.0 Å². The van der Waals surface area contributed by atoms with Crippen LogP contribution in [0.3, 0.4) is 0 Å². The summed E-state index contributed by atoms with van der Waals surface area (Å²) in [5.74, 6) is -0.0397. The lowest BCUT2D eigenvalue weighted by atomic mass is 10.2. The molecule has 2 N–H and O–H groups in total. The van der Waals surface area contributed by atoms with Gasteiger partial charge in [0.25, 0.3) is 5.91 Å². The Morgan fingerprint density at radius 3 is 2.78 bits per heavy atom. The SMILES string of the molecule is CCc1nn(C)cc1C(=O)NCCCCCCO. The van der Waals surface area contributed by atoms with Crippen molar-refractivity contribution in [3.8, 4) is 0 Å². The number of hydrogen-bond acceptors (Lipinski definition) is 3. The maximum absolute atomic E-state index is 11.9. The van der Waals surface area contributed by atoms with E-state index in [0.717, 1.165) is 37.8 Å². The number of hydrogen-bond donors (Lipinski definition) is 2. The molecule has 0 saturated carbocycles. The predicted molar refractivity (Wildman–Crippen MR) is 70.5 cm³/mol. The lowest BCUT2D eigenvalue weighted by Gasteiger charge is -2.04. The van der Waals surface area contributed by atoms with Crippen molar-refractivity contribution in [3.63, 3.8) is 0 Å². The molecule has 5 heteroatoms. The topological polar surface area (TPSA) is 67.2 Å². The van der Waals surface area contributed by atoms with Crippen LogP contribution in [0.1, 0.15) is 48.7 Å². The van der Waals surface area contributed by atoms with Crippen molar-refractivity contribution in [2.45, 2.75) is 39.0 Å². The molecule has 0 bridgehead atoms. The molecule has 0 aliphatic carbocycles. The molecule has 0 radical (unpaired) electrons.